The van der Waals surface area contributed by atoms with Crippen LogP contribution in [0.4, 0.5) is 0 Å². The van der Waals surface area contributed by atoms with Crippen molar-refractivity contribution in [3.63, 3.8) is 0 Å². The first-order valence-corrected chi connectivity index (χ1v) is 13.8. The van der Waals surface area contributed by atoms with Crippen LogP contribution in [0.5, 0.6) is 5.75 Å². The second-order valence-electron chi connectivity index (χ2n) is 9.54. The molecule has 6 nitrogen and oxygen atoms in total. The van der Waals surface area contributed by atoms with Gasteiger partial charge in [0.15, 0.2) is 0 Å². The SMILES string of the molecule is CC(C)(C)c1ccccc1OCCNC(=O)[C@H]1CCCN(S(=O)(=O)Cc2c(Cl)cccc2Cl)C1. The van der Waals surface area contributed by atoms with Crippen molar-refractivity contribution in [1.82, 2.24) is 9.62 Å². The Hall–Kier alpha value is -1.80. The lowest BCUT2D eigenvalue weighted by molar-refractivity contribution is -0.126. The highest BCUT2D eigenvalue weighted by Crippen LogP contribution is 2.31. The summed E-state index contributed by atoms with van der Waals surface area (Å²) in [4.78, 5) is 12.7. The number of rotatable bonds is 8. The highest BCUT2D eigenvalue weighted by molar-refractivity contribution is 7.88. The second kappa shape index (κ2) is 11.3. The molecule has 1 N–H and O–H groups in total. The largest absolute Gasteiger partial charge is 0.491 e. The molecule has 0 spiro atoms. The molecular weight excluding hydrogens is 495 g/mol. The molecule has 0 bridgehead atoms. The molecule has 0 radical (unpaired) electrons. The first kappa shape index (κ1) is 26.8. The van der Waals surface area contributed by atoms with Crippen molar-refractivity contribution in [2.75, 3.05) is 26.2 Å². The number of ether oxygens (including phenoxy) is 1. The van der Waals surface area contributed by atoms with Crippen LogP contribution in [0.15, 0.2) is 42.5 Å². The lowest BCUT2D eigenvalue weighted by Gasteiger charge is -2.31. The molecule has 1 amide bonds. The van der Waals surface area contributed by atoms with Gasteiger partial charge >= 0.3 is 0 Å². The Balaban J connectivity index is 1.54. The van der Waals surface area contributed by atoms with Crippen LogP contribution >= 0.6 is 23.2 Å². The number of hydrogen-bond acceptors (Lipinski definition) is 4. The summed E-state index contributed by atoms with van der Waals surface area (Å²) < 4.78 is 33.3. The minimum atomic E-state index is -3.67. The Morgan fingerprint density at radius 2 is 1.79 bits per heavy atom. The van der Waals surface area contributed by atoms with Gasteiger partial charge in [-0.25, -0.2) is 12.7 Å². The normalized spacial score (nSPS) is 17.4. The molecule has 0 aliphatic carbocycles. The molecule has 2 aromatic rings. The van der Waals surface area contributed by atoms with Crippen molar-refractivity contribution >= 4 is 39.1 Å². The third-order valence-corrected chi connectivity index (χ3v) is 8.37. The lowest BCUT2D eigenvalue weighted by atomic mass is 9.86. The molecule has 1 fully saturated rings. The maximum Gasteiger partial charge on any atom is 0.224 e. The Kier molecular flexibility index (Phi) is 8.90. The van der Waals surface area contributed by atoms with Crippen LogP contribution in [0.2, 0.25) is 10.0 Å². The average Bonchev–Trinajstić information content (AvgIpc) is 2.79. The predicted octanol–water partition coefficient (Wildman–Crippen LogP) is 5.03. The Bertz CT molecular complexity index is 1100. The zero-order valence-electron chi connectivity index (χ0n) is 19.8. The zero-order valence-corrected chi connectivity index (χ0v) is 22.1. The van der Waals surface area contributed by atoms with E-state index in [4.69, 9.17) is 27.9 Å². The van der Waals surface area contributed by atoms with E-state index in [9.17, 15) is 13.2 Å². The van der Waals surface area contributed by atoms with Crippen LogP contribution in [0.1, 0.15) is 44.7 Å². The molecule has 1 heterocycles. The number of nitrogens with one attached hydrogen (secondary N) is 1. The Morgan fingerprint density at radius 1 is 1.12 bits per heavy atom. The number of hydrogen-bond donors (Lipinski definition) is 1. The van der Waals surface area contributed by atoms with Gasteiger partial charge in [-0.15, -0.1) is 0 Å². The molecule has 1 atom stereocenters. The molecule has 1 aliphatic heterocycles. The molecular formula is C25H32Cl2N2O4S. The Labute approximate surface area is 212 Å². The van der Waals surface area contributed by atoms with Crippen molar-refractivity contribution in [2.45, 2.75) is 44.8 Å². The number of carbonyl (C=O) groups is 1. The minimum Gasteiger partial charge on any atom is -0.491 e. The lowest BCUT2D eigenvalue weighted by Crippen LogP contribution is -2.46. The second-order valence-corrected chi connectivity index (χ2v) is 12.3. The summed E-state index contributed by atoms with van der Waals surface area (Å²) in [7, 11) is -3.67. The van der Waals surface area contributed by atoms with E-state index in [1.165, 1.54) is 4.31 Å². The van der Waals surface area contributed by atoms with Gasteiger partial charge in [-0.05, 0) is 42.0 Å². The standard InChI is InChI=1S/C25H32Cl2N2O4S/c1-25(2,3)20-9-4-5-12-23(20)33-15-13-28-24(30)18-8-7-14-29(16-18)34(31,32)17-19-21(26)10-6-11-22(19)27/h4-6,9-12,18H,7-8,13-17H2,1-3H3,(H,28,30)/t18-/m0/s1. The first-order chi connectivity index (χ1) is 16.0. The molecule has 2 aromatic carbocycles. The van der Waals surface area contributed by atoms with Gasteiger partial charge in [-0.2, -0.15) is 0 Å². The smallest absolute Gasteiger partial charge is 0.224 e. The summed E-state index contributed by atoms with van der Waals surface area (Å²) in [6.07, 6.45) is 1.25. The fourth-order valence-electron chi connectivity index (χ4n) is 4.04. The predicted molar refractivity (Wildman–Crippen MR) is 137 cm³/mol. The van der Waals surface area contributed by atoms with Crippen LogP contribution in [-0.2, 0) is 26.0 Å². The van der Waals surface area contributed by atoms with Crippen molar-refractivity contribution in [3.05, 3.63) is 63.6 Å². The summed E-state index contributed by atoms with van der Waals surface area (Å²) in [5.74, 6) is -0.0613. The van der Waals surface area contributed by atoms with Gasteiger partial charge in [-0.3, -0.25) is 4.79 Å². The Morgan fingerprint density at radius 3 is 2.47 bits per heavy atom. The van der Waals surface area contributed by atoms with Crippen LogP contribution in [0, 0.1) is 5.92 Å². The number of para-hydroxylation sites is 1. The van der Waals surface area contributed by atoms with E-state index in [1.54, 1.807) is 18.2 Å². The number of carbonyl (C=O) groups excluding carboxylic acids is 1. The fourth-order valence-corrected chi connectivity index (χ4v) is 6.41. The maximum absolute atomic E-state index is 13.0. The molecule has 186 valence electrons. The minimum absolute atomic E-state index is 0.0505. The van der Waals surface area contributed by atoms with E-state index in [0.717, 1.165) is 11.3 Å². The first-order valence-electron chi connectivity index (χ1n) is 11.4. The molecule has 34 heavy (non-hydrogen) atoms. The van der Waals surface area contributed by atoms with Gasteiger partial charge in [-0.1, -0.05) is 68.2 Å². The molecule has 1 saturated heterocycles. The van der Waals surface area contributed by atoms with Crippen molar-refractivity contribution in [2.24, 2.45) is 5.92 Å². The van der Waals surface area contributed by atoms with Gasteiger partial charge in [0.25, 0.3) is 0 Å². The highest BCUT2D eigenvalue weighted by Gasteiger charge is 2.33. The average molecular weight is 528 g/mol. The molecule has 0 saturated carbocycles. The third-order valence-electron chi connectivity index (χ3n) is 5.89. The van der Waals surface area contributed by atoms with Gasteiger partial charge in [0, 0.05) is 28.7 Å². The van der Waals surface area contributed by atoms with Gasteiger partial charge in [0.1, 0.15) is 12.4 Å². The van der Waals surface area contributed by atoms with Crippen molar-refractivity contribution < 1.29 is 17.9 Å². The highest BCUT2D eigenvalue weighted by atomic mass is 35.5. The number of nitrogens with zero attached hydrogens (tertiary/aromatic N) is 1. The number of sulfonamides is 1. The molecule has 3 rings (SSSR count). The number of benzene rings is 2. The topological polar surface area (TPSA) is 75.7 Å². The van der Waals surface area contributed by atoms with Crippen molar-refractivity contribution in [1.29, 1.82) is 0 Å². The molecule has 9 heteroatoms. The number of halogens is 2. The number of amides is 1. The zero-order chi connectivity index (χ0) is 24.9. The van der Waals surface area contributed by atoms with E-state index in [-0.39, 0.29) is 23.6 Å². The van der Waals surface area contributed by atoms with Gasteiger partial charge in [0.05, 0.1) is 18.2 Å². The fraction of sp³-hybridized carbons (Fsp3) is 0.480. The summed E-state index contributed by atoms with van der Waals surface area (Å²) in [5, 5.41) is 3.52. The summed E-state index contributed by atoms with van der Waals surface area (Å²) in [6.45, 7) is 7.57. The van der Waals surface area contributed by atoms with E-state index < -0.39 is 15.9 Å². The summed E-state index contributed by atoms with van der Waals surface area (Å²) >= 11 is 12.3. The van der Waals surface area contributed by atoms with Crippen LogP contribution in [0.25, 0.3) is 0 Å². The van der Waals surface area contributed by atoms with E-state index in [1.807, 2.05) is 24.3 Å². The summed E-state index contributed by atoms with van der Waals surface area (Å²) in [5.41, 5.74) is 1.43. The van der Waals surface area contributed by atoms with Crippen LogP contribution < -0.4 is 10.1 Å². The summed E-state index contributed by atoms with van der Waals surface area (Å²) in [6, 6.07) is 12.8. The molecule has 0 aromatic heterocycles. The van der Waals surface area contributed by atoms with Crippen LogP contribution in [0.3, 0.4) is 0 Å². The molecule has 1 aliphatic rings. The van der Waals surface area contributed by atoms with E-state index in [0.29, 0.717) is 48.1 Å². The monoisotopic (exact) mass is 526 g/mol. The van der Waals surface area contributed by atoms with Gasteiger partial charge in [0.2, 0.25) is 15.9 Å². The van der Waals surface area contributed by atoms with E-state index >= 15 is 0 Å². The number of piperidine rings is 1. The van der Waals surface area contributed by atoms with E-state index in [2.05, 4.69) is 26.1 Å². The van der Waals surface area contributed by atoms with Gasteiger partial charge < -0.3 is 10.1 Å². The maximum atomic E-state index is 13.0. The molecule has 0 unspecified atom stereocenters. The van der Waals surface area contributed by atoms with Crippen LogP contribution in [-0.4, -0.2) is 44.9 Å². The third kappa shape index (κ3) is 6.87. The quantitative estimate of drug-likeness (QED) is 0.489. The van der Waals surface area contributed by atoms with Crippen molar-refractivity contribution in [3.8, 4) is 5.75 Å².